The van der Waals surface area contributed by atoms with Crippen LogP contribution in [0.3, 0.4) is 0 Å². The van der Waals surface area contributed by atoms with Crippen molar-refractivity contribution < 1.29 is 9.53 Å². The minimum atomic E-state index is 0.0761. The van der Waals surface area contributed by atoms with Crippen molar-refractivity contribution in [3.63, 3.8) is 0 Å². The Hall–Kier alpha value is -1.35. The predicted octanol–water partition coefficient (Wildman–Crippen LogP) is 2.08. The molecule has 0 spiro atoms. The van der Waals surface area contributed by atoms with Gasteiger partial charge in [-0.2, -0.15) is 0 Å². The number of hydrogen-bond acceptors (Lipinski definition) is 2. The van der Waals surface area contributed by atoms with Gasteiger partial charge in [0.15, 0.2) is 0 Å². The molecule has 3 heteroatoms. The van der Waals surface area contributed by atoms with Crippen LogP contribution in [0.5, 0.6) is 0 Å². The molecule has 0 saturated carbocycles. The Morgan fingerprint density at radius 1 is 1.24 bits per heavy atom. The number of carbonyl (C=O) groups excluding carboxylic acids is 1. The lowest BCUT2D eigenvalue weighted by Crippen LogP contribution is -2.17. The zero-order valence-electron chi connectivity index (χ0n) is 10.7. The van der Waals surface area contributed by atoms with E-state index >= 15 is 0 Å². The van der Waals surface area contributed by atoms with Crippen LogP contribution in [0.4, 0.5) is 0 Å². The molecule has 0 saturated heterocycles. The van der Waals surface area contributed by atoms with Gasteiger partial charge in [0.2, 0.25) is 5.91 Å². The Morgan fingerprint density at radius 2 is 1.94 bits per heavy atom. The number of rotatable bonds is 7. The van der Waals surface area contributed by atoms with E-state index in [0.29, 0.717) is 13.0 Å². The zero-order chi connectivity index (χ0) is 12.5. The third-order valence-electron chi connectivity index (χ3n) is 2.63. The number of nitrogens with one attached hydrogen (secondary N) is 1. The van der Waals surface area contributed by atoms with Crippen LogP contribution in [-0.4, -0.2) is 26.2 Å². The van der Waals surface area contributed by atoms with E-state index in [4.69, 9.17) is 4.74 Å². The van der Waals surface area contributed by atoms with Crippen LogP contribution in [0.2, 0.25) is 0 Å². The van der Waals surface area contributed by atoms with Crippen molar-refractivity contribution in [1.82, 2.24) is 5.32 Å². The summed E-state index contributed by atoms with van der Waals surface area (Å²) < 4.78 is 5.48. The lowest BCUT2D eigenvalue weighted by molar-refractivity contribution is -0.120. The molecule has 94 valence electrons. The van der Waals surface area contributed by atoms with Gasteiger partial charge in [0.1, 0.15) is 0 Å². The highest BCUT2D eigenvalue weighted by atomic mass is 16.5. The summed E-state index contributed by atoms with van der Waals surface area (Å²) in [4.78, 5) is 10.9. The van der Waals surface area contributed by atoms with E-state index in [9.17, 15) is 4.79 Å². The van der Waals surface area contributed by atoms with Crippen LogP contribution >= 0.6 is 0 Å². The quantitative estimate of drug-likeness (QED) is 0.735. The highest BCUT2D eigenvalue weighted by Gasteiger charge is 1.97. The fourth-order valence-electron chi connectivity index (χ4n) is 1.51. The molecular formula is C14H21NO2. The first kappa shape index (κ1) is 13.7. The van der Waals surface area contributed by atoms with Crippen LogP contribution in [0.15, 0.2) is 24.3 Å². The standard InChI is InChI=1S/C14H21NO2/c1-12-5-7-13(8-6-12)9-11-17-10-3-4-14(16)15-2/h5-8H,3-4,9-11H2,1-2H3,(H,15,16). The molecule has 1 aromatic rings. The van der Waals surface area contributed by atoms with E-state index in [2.05, 4.69) is 36.5 Å². The Morgan fingerprint density at radius 3 is 2.59 bits per heavy atom. The second-order valence-corrected chi connectivity index (χ2v) is 4.12. The predicted molar refractivity (Wildman–Crippen MR) is 69.0 cm³/mol. The summed E-state index contributed by atoms with van der Waals surface area (Å²) in [6.45, 7) is 3.45. The molecule has 1 amide bonds. The monoisotopic (exact) mass is 235 g/mol. The van der Waals surface area contributed by atoms with Crippen molar-refractivity contribution >= 4 is 5.91 Å². The molecule has 0 fully saturated rings. The van der Waals surface area contributed by atoms with Crippen molar-refractivity contribution in [1.29, 1.82) is 0 Å². The van der Waals surface area contributed by atoms with E-state index in [1.807, 2.05) is 0 Å². The highest BCUT2D eigenvalue weighted by Crippen LogP contribution is 2.04. The first-order valence-corrected chi connectivity index (χ1v) is 6.06. The summed E-state index contributed by atoms with van der Waals surface area (Å²) in [6.07, 6.45) is 2.26. The average Bonchev–Trinajstić information content (AvgIpc) is 2.35. The summed E-state index contributed by atoms with van der Waals surface area (Å²) >= 11 is 0. The summed E-state index contributed by atoms with van der Waals surface area (Å²) in [5.74, 6) is 0.0761. The van der Waals surface area contributed by atoms with Crippen LogP contribution in [-0.2, 0) is 16.0 Å². The molecule has 0 aromatic heterocycles. The van der Waals surface area contributed by atoms with E-state index in [-0.39, 0.29) is 5.91 Å². The SMILES string of the molecule is CNC(=O)CCCOCCc1ccc(C)cc1. The Kier molecular flexibility index (Phi) is 6.33. The number of carbonyl (C=O) groups is 1. The summed E-state index contributed by atoms with van der Waals surface area (Å²) in [5.41, 5.74) is 2.57. The molecule has 0 atom stereocenters. The molecule has 0 radical (unpaired) electrons. The van der Waals surface area contributed by atoms with Gasteiger partial charge < -0.3 is 10.1 Å². The van der Waals surface area contributed by atoms with Crippen LogP contribution in [0.1, 0.15) is 24.0 Å². The molecule has 1 aromatic carbocycles. The Labute approximate surface area is 103 Å². The first-order chi connectivity index (χ1) is 8.22. The lowest BCUT2D eigenvalue weighted by Gasteiger charge is -2.04. The summed E-state index contributed by atoms with van der Waals surface area (Å²) in [7, 11) is 1.65. The smallest absolute Gasteiger partial charge is 0.219 e. The molecule has 17 heavy (non-hydrogen) atoms. The number of benzene rings is 1. The second-order valence-electron chi connectivity index (χ2n) is 4.12. The van der Waals surface area contributed by atoms with Crippen molar-refractivity contribution in [3.05, 3.63) is 35.4 Å². The first-order valence-electron chi connectivity index (χ1n) is 6.06. The van der Waals surface area contributed by atoms with Gasteiger partial charge >= 0.3 is 0 Å². The van der Waals surface area contributed by atoms with Crippen molar-refractivity contribution in [2.75, 3.05) is 20.3 Å². The molecule has 0 bridgehead atoms. The maximum absolute atomic E-state index is 10.9. The van der Waals surface area contributed by atoms with Gasteiger partial charge in [-0.05, 0) is 25.3 Å². The maximum atomic E-state index is 10.9. The molecule has 3 nitrogen and oxygen atoms in total. The van der Waals surface area contributed by atoms with E-state index < -0.39 is 0 Å². The lowest BCUT2D eigenvalue weighted by atomic mass is 10.1. The van der Waals surface area contributed by atoms with Crippen LogP contribution < -0.4 is 5.32 Å². The fourth-order valence-corrected chi connectivity index (χ4v) is 1.51. The summed E-state index contributed by atoms with van der Waals surface area (Å²) in [5, 5.41) is 2.59. The van der Waals surface area contributed by atoms with Crippen molar-refractivity contribution in [2.24, 2.45) is 0 Å². The average molecular weight is 235 g/mol. The minimum Gasteiger partial charge on any atom is -0.381 e. The molecule has 0 aliphatic heterocycles. The third-order valence-corrected chi connectivity index (χ3v) is 2.63. The van der Waals surface area contributed by atoms with Gasteiger partial charge in [-0.1, -0.05) is 29.8 Å². The normalized spacial score (nSPS) is 10.2. The Balaban J connectivity index is 2.04. The second kappa shape index (κ2) is 7.85. The fraction of sp³-hybridized carbons (Fsp3) is 0.500. The van der Waals surface area contributed by atoms with Gasteiger partial charge in [-0.3, -0.25) is 4.79 Å². The number of amides is 1. The molecular weight excluding hydrogens is 214 g/mol. The zero-order valence-corrected chi connectivity index (χ0v) is 10.7. The van der Waals surface area contributed by atoms with Gasteiger partial charge in [0.25, 0.3) is 0 Å². The number of ether oxygens (including phenoxy) is 1. The molecule has 1 N–H and O–H groups in total. The van der Waals surface area contributed by atoms with Gasteiger partial charge in [0.05, 0.1) is 6.61 Å². The molecule has 0 aliphatic rings. The van der Waals surface area contributed by atoms with Gasteiger partial charge in [-0.15, -0.1) is 0 Å². The van der Waals surface area contributed by atoms with Gasteiger partial charge in [-0.25, -0.2) is 0 Å². The van der Waals surface area contributed by atoms with E-state index in [1.165, 1.54) is 11.1 Å². The van der Waals surface area contributed by atoms with Crippen LogP contribution in [0, 0.1) is 6.92 Å². The van der Waals surface area contributed by atoms with Gasteiger partial charge in [0, 0.05) is 20.1 Å². The van der Waals surface area contributed by atoms with E-state index in [0.717, 1.165) is 19.4 Å². The number of aryl methyl sites for hydroxylation is 1. The van der Waals surface area contributed by atoms with Crippen molar-refractivity contribution in [2.45, 2.75) is 26.2 Å². The van der Waals surface area contributed by atoms with Crippen molar-refractivity contribution in [3.8, 4) is 0 Å². The topological polar surface area (TPSA) is 38.3 Å². The largest absolute Gasteiger partial charge is 0.381 e. The Bertz CT molecular complexity index is 333. The highest BCUT2D eigenvalue weighted by molar-refractivity contribution is 5.75. The maximum Gasteiger partial charge on any atom is 0.219 e. The molecule has 1 rings (SSSR count). The van der Waals surface area contributed by atoms with Crippen LogP contribution in [0.25, 0.3) is 0 Å². The molecule has 0 aliphatic carbocycles. The molecule has 0 heterocycles. The summed E-state index contributed by atoms with van der Waals surface area (Å²) in [6, 6.07) is 8.48. The molecule has 0 unspecified atom stereocenters. The number of hydrogen-bond donors (Lipinski definition) is 1. The third kappa shape index (κ3) is 6.07. The minimum absolute atomic E-state index is 0.0761. The van der Waals surface area contributed by atoms with E-state index in [1.54, 1.807) is 7.05 Å².